The molecule has 2 amide bonds. The maximum Gasteiger partial charge on any atom is 0.336 e. The van der Waals surface area contributed by atoms with Crippen molar-refractivity contribution in [2.75, 3.05) is 0 Å². The molecule has 0 aromatic carbocycles. The summed E-state index contributed by atoms with van der Waals surface area (Å²) >= 11 is 0. The molecule has 0 aliphatic carbocycles. The summed E-state index contributed by atoms with van der Waals surface area (Å²) in [4.78, 5) is 45.0. The van der Waals surface area contributed by atoms with Gasteiger partial charge in [-0.05, 0) is 0 Å². The average Bonchev–Trinajstić information content (AvgIpc) is 2.34. The summed E-state index contributed by atoms with van der Waals surface area (Å²) in [7, 11) is 0. The first-order valence-electron chi connectivity index (χ1n) is 6.41. The Balaban J connectivity index is 3.18. The monoisotopic (exact) mass is 318 g/mol. The molecule has 0 aromatic heterocycles. The minimum Gasteiger partial charge on any atom is -0.479 e. The predicted molar refractivity (Wildman–Crippen MR) is 69.3 cm³/mol. The van der Waals surface area contributed by atoms with Crippen LogP contribution < -0.4 is 10.6 Å². The molecule has 1 rings (SSSR count). The van der Waals surface area contributed by atoms with Crippen LogP contribution in [0.15, 0.2) is 0 Å². The number of carbonyl (C=O) groups is 4. The Kier molecular flexibility index (Phi) is 5.83. The Bertz CT molecular complexity index is 480. The molecule has 1 aliphatic rings. The number of aliphatic hydroxyl groups excluding tert-OH is 1. The smallest absolute Gasteiger partial charge is 0.336 e. The number of carboxylic acid groups (broad SMARTS) is 1. The van der Waals surface area contributed by atoms with Crippen LogP contribution >= 0.6 is 0 Å². The number of nitrogens with one attached hydrogen (secondary N) is 2. The molecule has 10 nitrogen and oxygen atoms in total. The topological polar surface area (TPSA) is 151 Å². The van der Waals surface area contributed by atoms with Crippen molar-refractivity contribution in [1.29, 1.82) is 0 Å². The van der Waals surface area contributed by atoms with E-state index in [4.69, 9.17) is 14.6 Å². The average molecular weight is 318 g/mol. The first-order chi connectivity index (χ1) is 10.1. The third-order valence-corrected chi connectivity index (χ3v) is 2.92. The zero-order chi connectivity index (χ0) is 17.0. The molecule has 10 heteroatoms. The number of hydrogen-bond donors (Lipinski definition) is 4. The lowest BCUT2D eigenvalue weighted by Crippen LogP contribution is -2.70. The number of ether oxygens (including phenoxy) is 2. The van der Waals surface area contributed by atoms with Crippen LogP contribution in [0.4, 0.5) is 0 Å². The fraction of sp³-hybridized carbons (Fsp3) is 0.667. The maximum atomic E-state index is 11.3. The zero-order valence-corrected chi connectivity index (χ0v) is 12.2. The normalized spacial score (nSPS) is 31.0. The Morgan fingerprint density at radius 1 is 1.00 bits per heavy atom. The highest BCUT2D eigenvalue weighted by Crippen LogP contribution is 2.23. The first kappa shape index (κ1) is 17.9. The molecule has 0 saturated carbocycles. The molecule has 1 aliphatic heterocycles. The Labute approximate surface area is 125 Å². The largest absolute Gasteiger partial charge is 0.479 e. The summed E-state index contributed by atoms with van der Waals surface area (Å²) in [6.45, 7) is 3.39. The van der Waals surface area contributed by atoms with Gasteiger partial charge in [-0.1, -0.05) is 0 Å². The van der Waals surface area contributed by atoms with Crippen LogP contribution in [0.1, 0.15) is 20.8 Å². The molecule has 0 spiro atoms. The minimum atomic E-state index is -1.70. The van der Waals surface area contributed by atoms with Gasteiger partial charge in [0.15, 0.2) is 18.5 Å². The van der Waals surface area contributed by atoms with Crippen molar-refractivity contribution in [2.45, 2.75) is 51.4 Å². The molecule has 22 heavy (non-hydrogen) atoms. The molecule has 1 heterocycles. The highest BCUT2D eigenvalue weighted by atomic mass is 16.6. The van der Waals surface area contributed by atoms with Gasteiger partial charge in [-0.15, -0.1) is 0 Å². The van der Waals surface area contributed by atoms with Crippen LogP contribution in [0.2, 0.25) is 0 Å². The standard InChI is InChI=1S/C12H18N2O8/c1-4(15)13-7-8(14-5(2)16)12(20)22-10(11(18)19)9(7)21-6(3)17/h7-10,12,20H,1-3H3,(H,13,15)(H,14,16)(H,18,19)/t7-,8+,9+,10+,12-/m1/s1. The van der Waals surface area contributed by atoms with Gasteiger partial charge in [-0.3, -0.25) is 14.4 Å². The summed E-state index contributed by atoms with van der Waals surface area (Å²) in [5, 5.41) is 23.7. The second-order valence-electron chi connectivity index (χ2n) is 4.81. The first-order valence-corrected chi connectivity index (χ1v) is 6.41. The van der Waals surface area contributed by atoms with Crippen LogP contribution in [-0.4, -0.2) is 64.5 Å². The van der Waals surface area contributed by atoms with Gasteiger partial charge in [0.25, 0.3) is 0 Å². The Morgan fingerprint density at radius 2 is 1.50 bits per heavy atom. The van der Waals surface area contributed by atoms with Crippen molar-refractivity contribution in [2.24, 2.45) is 0 Å². The summed E-state index contributed by atoms with van der Waals surface area (Å²) in [5.74, 6) is -3.39. The van der Waals surface area contributed by atoms with Crippen LogP contribution in [0.3, 0.4) is 0 Å². The second kappa shape index (κ2) is 7.18. The van der Waals surface area contributed by atoms with Crippen molar-refractivity contribution in [3.63, 3.8) is 0 Å². The third kappa shape index (κ3) is 4.40. The molecule has 4 N–H and O–H groups in total. The van der Waals surface area contributed by atoms with Crippen molar-refractivity contribution in [3.05, 3.63) is 0 Å². The Morgan fingerprint density at radius 3 is 1.91 bits per heavy atom. The van der Waals surface area contributed by atoms with E-state index in [1.54, 1.807) is 0 Å². The van der Waals surface area contributed by atoms with Gasteiger partial charge < -0.3 is 30.3 Å². The van der Waals surface area contributed by atoms with Gasteiger partial charge in [-0.25, -0.2) is 4.79 Å². The molecular formula is C12H18N2O8. The van der Waals surface area contributed by atoms with Crippen molar-refractivity contribution in [3.8, 4) is 0 Å². The van der Waals surface area contributed by atoms with E-state index in [9.17, 15) is 24.3 Å². The van der Waals surface area contributed by atoms with E-state index < -0.39 is 54.3 Å². The number of esters is 1. The lowest BCUT2D eigenvalue weighted by molar-refractivity contribution is -0.234. The predicted octanol–water partition coefficient (Wildman–Crippen LogP) is -2.27. The van der Waals surface area contributed by atoms with Crippen molar-refractivity contribution >= 4 is 23.8 Å². The van der Waals surface area contributed by atoms with E-state index in [1.165, 1.54) is 6.92 Å². The van der Waals surface area contributed by atoms with E-state index in [0.29, 0.717) is 0 Å². The van der Waals surface area contributed by atoms with Crippen molar-refractivity contribution < 1.29 is 38.9 Å². The lowest BCUT2D eigenvalue weighted by Gasteiger charge is -2.43. The fourth-order valence-electron chi connectivity index (χ4n) is 2.21. The molecule has 5 atom stereocenters. The summed E-state index contributed by atoms with van der Waals surface area (Å²) in [6.07, 6.45) is -4.81. The summed E-state index contributed by atoms with van der Waals surface area (Å²) in [5.41, 5.74) is 0. The fourth-order valence-corrected chi connectivity index (χ4v) is 2.21. The summed E-state index contributed by atoms with van der Waals surface area (Å²) < 4.78 is 9.82. The molecule has 0 unspecified atom stereocenters. The van der Waals surface area contributed by atoms with Crippen LogP contribution in [-0.2, 0) is 28.7 Å². The number of aliphatic carboxylic acids is 1. The molecule has 0 aromatic rings. The Hall–Kier alpha value is -2.20. The zero-order valence-electron chi connectivity index (χ0n) is 12.2. The van der Waals surface area contributed by atoms with E-state index >= 15 is 0 Å². The van der Waals surface area contributed by atoms with E-state index in [-0.39, 0.29) is 0 Å². The molecule has 0 radical (unpaired) electrons. The number of carbonyl (C=O) groups excluding carboxylic acids is 3. The maximum absolute atomic E-state index is 11.3. The van der Waals surface area contributed by atoms with Gasteiger partial charge in [0.1, 0.15) is 6.04 Å². The number of amides is 2. The number of hydrogen-bond acceptors (Lipinski definition) is 7. The van der Waals surface area contributed by atoms with E-state index in [1.807, 2.05) is 0 Å². The van der Waals surface area contributed by atoms with Crippen LogP contribution in [0.5, 0.6) is 0 Å². The third-order valence-electron chi connectivity index (χ3n) is 2.92. The van der Waals surface area contributed by atoms with Gasteiger partial charge in [-0.2, -0.15) is 0 Å². The SMILES string of the molecule is CC(=O)N[C@@H]1[C@H](NC(C)=O)[C@H](O)O[C@H](C(=O)O)[C@H]1OC(C)=O. The van der Waals surface area contributed by atoms with Crippen LogP contribution in [0.25, 0.3) is 0 Å². The molecule has 1 fully saturated rings. The minimum absolute atomic E-state index is 0.543. The number of aliphatic hydroxyl groups is 1. The quantitative estimate of drug-likeness (QED) is 0.423. The highest BCUT2D eigenvalue weighted by molar-refractivity contribution is 5.77. The molecule has 1 saturated heterocycles. The van der Waals surface area contributed by atoms with E-state index in [2.05, 4.69) is 10.6 Å². The van der Waals surface area contributed by atoms with Gasteiger partial charge in [0.2, 0.25) is 11.8 Å². The van der Waals surface area contributed by atoms with Gasteiger partial charge in [0, 0.05) is 20.8 Å². The summed E-state index contributed by atoms with van der Waals surface area (Å²) in [6, 6.07) is -2.35. The molecule has 124 valence electrons. The van der Waals surface area contributed by atoms with Gasteiger partial charge in [0.05, 0.1) is 6.04 Å². The second-order valence-corrected chi connectivity index (χ2v) is 4.81. The lowest BCUT2D eigenvalue weighted by atomic mass is 9.93. The molecular weight excluding hydrogens is 300 g/mol. The highest BCUT2D eigenvalue weighted by Gasteiger charge is 2.51. The van der Waals surface area contributed by atoms with Crippen LogP contribution in [0, 0.1) is 0 Å². The van der Waals surface area contributed by atoms with Crippen molar-refractivity contribution in [1.82, 2.24) is 10.6 Å². The number of carboxylic acids is 1. The molecule has 0 bridgehead atoms. The number of rotatable bonds is 4. The van der Waals surface area contributed by atoms with E-state index in [0.717, 1.165) is 13.8 Å². The van der Waals surface area contributed by atoms with Gasteiger partial charge >= 0.3 is 11.9 Å².